The van der Waals surface area contributed by atoms with Gasteiger partial charge in [0, 0.05) is 30.5 Å². The molecule has 3 heterocycles. The van der Waals surface area contributed by atoms with E-state index < -0.39 is 0 Å². The van der Waals surface area contributed by atoms with Crippen LogP contribution in [0.4, 0.5) is 11.4 Å². The van der Waals surface area contributed by atoms with Gasteiger partial charge in [-0.2, -0.15) is 5.10 Å². The van der Waals surface area contributed by atoms with Crippen molar-refractivity contribution in [3.05, 3.63) is 39.9 Å². The zero-order valence-electron chi connectivity index (χ0n) is 14.6. The second-order valence-corrected chi connectivity index (χ2v) is 7.72. The van der Waals surface area contributed by atoms with Gasteiger partial charge in [-0.15, -0.1) is 11.3 Å². The summed E-state index contributed by atoms with van der Waals surface area (Å²) in [5.41, 5.74) is 2.61. The van der Waals surface area contributed by atoms with E-state index in [1.54, 1.807) is 6.07 Å². The Morgan fingerprint density at radius 1 is 1.31 bits per heavy atom. The number of morpholine rings is 1. The van der Waals surface area contributed by atoms with E-state index >= 15 is 0 Å². The van der Waals surface area contributed by atoms with Gasteiger partial charge in [-0.1, -0.05) is 11.6 Å². The summed E-state index contributed by atoms with van der Waals surface area (Å²) >= 11 is 7.61. The summed E-state index contributed by atoms with van der Waals surface area (Å²) < 4.78 is 7.23. The van der Waals surface area contributed by atoms with Crippen molar-refractivity contribution >= 4 is 50.4 Å². The molecular weight excluding hydrogens is 372 g/mol. The highest BCUT2D eigenvalue weighted by atomic mass is 35.5. The third-order valence-corrected chi connectivity index (χ3v) is 5.91. The molecule has 0 aliphatic carbocycles. The molecule has 0 spiro atoms. The minimum Gasteiger partial charge on any atom is -0.378 e. The van der Waals surface area contributed by atoms with Gasteiger partial charge in [0.25, 0.3) is 5.91 Å². The maximum absolute atomic E-state index is 12.8. The molecule has 1 aromatic carbocycles. The lowest BCUT2D eigenvalue weighted by atomic mass is 10.2. The first kappa shape index (κ1) is 17.3. The van der Waals surface area contributed by atoms with Crippen LogP contribution >= 0.6 is 22.9 Å². The van der Waals surface area contributed by atoms with Crippen molar-refractivity contribution in [3.63, 3.8) is 0 Å². The molecule has 0 unspecified atom stereocenters. The summed E-state index contributed by atoms with van der Waals surface area (Å²) in [7, 11) is 1.89. The zero-order chi connectivity index (χ0) is 18.3. The van der Waals surface area contributed by atoms with Gasteiger partial charge in [-0.05, 0) is 31.2 Å². The minimum absolute atomic E-state index is 0.137. The number of amides is 1. The van der Waals surface area contributed by atoms with Gasteiger partial charge in [-0.3, -0.25) is 9.48 Å². The molecule has 0 atom stereocenters. The fraction of sp³-hybridized carbons (Fsp3) is 0.333. The van der Waals surface area contributed by atoms with E-state index in [-0.39, 0.29) is 5.91 Å². The smallest absolute Gasteiger partial charge is 0.265 e. The number of nitrogens with zero attached hydrogens (tertiary/aromatic N) is 3. The molecule has 0 bridgehead atoms. The number of carbonyl (C=O) groups excluding carboxylic acids is 1. The molecule has 26 heavy (non-hydrogen) atoms. The molecule has 4 rings (SSSR count). The number of nitrogens with one attached hydrogen (secondary N) is 1. The topological polar surface area (TPSA) is 59.4 Å². The van der Waals surface area contributed by atoms with Gasteiger partial charge < -0.3 is 15.0 Å². The normalized spacial score (nSPS) is 14.8. The van der Waals surface area contributed by atoms with Crippen LogP contribution in [0.15, 0.2) is 24.3 Å². The van der Waals surface area contributed by atoms with E-state index in [0.717, 1.165) is 40.4 Å². The van der Waals surface area contributed by atoms with Crippen LogP contribution in [0.2, 0.25) is 5.02 Å². The zero-order valence-corrected chi connectivity index (χ0v) is 16.2. The van der Waals surface area contributed by atoms with Gasteiger partial charge in [-0.25, -0.2) is 0 Å². The predicted octanol–water partition coefficient (Wildman–Crippen LogP) is 3.69. The number of benzene rings is 1. The number of ether oxygens (including phenoxy) is 1. The van der Waals surface area contributed by atoms with Crippen molar-refractivity contribution in [1.82, 2.24) is 9.78 Å². The quantitative estimate of drug-likeness (QED) is 0.741. The van der Waals surface area contributed by atoms with Crippen molar-refractivity contribution in [2.45, 2.75) is 6.92 Å². The first-order valence-electron chi connectivity index (χ1n) is 8.39. The molecule has 0 saturated carbocycles. The summed E-state index contributed by atoms with van der Waals surface area (Å²) in [5, 5.41) is 9.02. The number of halogens is 1. The van der Waals surface area contributed by atoms with E-state index in [1.165, 1.54) is 11.3 Å². The van der Waals surface area contributed by atoms with Crippen LogP contribution in [0.5, 0.6) is 0 Å². The molecule has 1 amide bonds. The molecule has 1 saturated heterocycles. The van der Waals surface area contributed by atoms with Gasteiger partial charge in [0.15, 0.2) is 0 Å². The monoisotopic (exact) mass is 390 g/mol. The summed E-state index contributed by atoms with van der Waals surface area (Å²) in [4.78, 5) is 16.7. The van der Waals surface area contributed by atoms with Gasteiger partial charge in [0.05, 0.1) is 35.2 Å². The highest BCUT2D eigenvalue weighted by molar-refractivity contribution is 7.20. The van der Waals surface area contributed by atoms with Crippen molar-refractivity contribution < 1.29 is 9.53 Å². The van der Waals surface area contributed by atoms with Crippen LogP contribution in [-0.2, 0) is 11.8 Å². The molecule has 3 aromatic rings. The Hall–Kier alpha value is -2.09. The van der Waals surface area contributed by atoms with Crippen molar-refractivity contribution in [2.75, 3.05) is 36.5 Å². The number of hydrogen-bond acceptors (Lipinski definition) is 5. The Balaban J connectivity index is 1.63. The Morgan fingerprint density at radius 3 is 2.81 bits per heavy atom. The van der Waals surface area contributed by atoms with Crippen LogP contribution in [0.3, 0.4) is 0 Å². The SMILES string of the molecule is Cc1nn(C)c2sc(C(=O)Nc3cc(Cl)ccc3N3CCOCC3)cc12. The fourth-order valence-electron chi connectivity index (χ4n) is 3.19. The van der Waals surface area contributed by atoms with Crippen LogP contribution in [0.25, 0.3) is 10.2 Å². The molecular formula is C18H19ClN4O2S. The number of rotatable bonds is 3. The Kier molecular flexibility index (Phi) is 4.60. The number of anilines is 2. The Morgan fingerprint density at radius 2 is 2.08 bits per heavy atom. The second-order valence-electron chi connectivity index (χ2n) is 6.25. The van der Waals surface area contributed by atoms with E-state index in [4.69, 9.17) is 16.3 Å². The van der Waals surface area contributed by atoms with Crippen molar-refractivity contribution in [2.24, 2.45) is 7.05 Å². The van der Waals surface area contributed by atoms with E-state index in [1.807, 2.05) is 36.9 Å². The van der Waals surface area contributed by atoms with Crippen LogP contribution in [-0.4, -0.2) is 42.0 Å². The first-order valence-corrected chi connectivity index (χ1v) is 9.59. The van der Waals surface area contributed by atoms with Crippen LogP contribution in [0.1, 0.15) is 15.4 Å². The maximum atomic E-state index is 12.8. The lowest BCUT2D eigenvalue weighted by Crippen LogP contribution is -2.36. The largest absolute Gasteiger partial charge is 0.378 e. The fourth-order valence-corrected chi connectivity index (χ4v) is 4.38. The van der Waals surface area contributed by atoms with E-state index in [9.17, 15) is 4.79 Å². The van der Waals surface area contributed by atoms with E-state index in [2.05, 4.69) is 15.3 Å². The molecule has 136 valence electrons. The summed E-state index contributed by atoms with van der Waals surface area (Å²) in [6.45, 7) is 4.89. The minimum atomic E-state index is -0.137. The van der Waals surface area contributed by atoms with Gasteiger partial charge >= 0.3 is 0 Å². The van der Waals surface area contributed by atoms with Gasteiger partial charge in [0.2, 0.25) is 0 Å². The Bertz CT molecular complexity index is 941. The summed E-state index contributed by atoms with van der Waals surface area (Å²) in [6.07, 6.45) is 0. The number of aryl methyl sites for hydroxylation is 2. The standard InChI is InChI=1S/C18H19ClN4O2S/c1-11-13-10-16(26-18(13)22(2)21-11)17(24)20-14-9-12(19)3-4-15(14)23-5-7-25-8-6-23/h3-4,9-10H,5-8H2,1-2H3,(H,20,24). The highest BCUT2D eigenvalue weighted by Crippen LogP contribution is 2.32. The molecule has 0 radical (unpaired) electrons. The van der Waals surface area contributed by atoms with Crippen molar-refractivity contribution in [1.29, 1.82) is 0 Å². The molecule has 8 heteroatoms. The molecule has 1 fully saturated rings. The molecule has 2 aromatic heterocycles. The number of thiophene rings is 1. The molecule has 1 aliphatic heterocycles. The third-order valence-electron chi connectivity index (χ3n) is 4.48. The molecule has 1 aliphatic rings. The lowest BCUT2D eigenvalue weighted by Gasteiger charge is -2.30. The third kappa shape index (κ3) is 3.18. The number of aromatic nitrogens is 2. The Labute approximate surface area is 160 Å². The lowest BCUT2D eigenvalue weighted by molar-refractivity contribution is 0.103. The summed E-state index contributed by atoms with van der Waals surface area (Å²) in [5.74, 6) is -0.137. The number of carbonyl (C=O) groups is 1. The average Bonchev–Trinajstić information content (AvgIpc) is 3.18. The number of fused-ring (bicyclic) bond motifs is 1. The predicted molar refractivity (Wildman–Crippen MR) is 106 cm³/mol. The molecule has 6 nitrogen and oxygen atoms in total. The van der Waals surface area contributed by atoms with Crippen LogP contribution in [0, 0.1) is 6.92 Å². The van der Waals surface area contributed by atoms with E-state index in [0.29, 0.717) is 23.1 Å². The highest BCUT2D eigenvalue weighted by Gasteiger charge is 2.19. The number of hydrogen-bond donors (Lipinski definition) is 1. The second kappa shape index (κ2) is 6.90. The maximum Gasteiger partial charge on any atom is 0.265 e. The molecule has 1 N–H and O–H groups in total. The van der Waals surface area contributed by atoms with Crippen LogP contribution < -0.4 is 10.2 Å². The van der Waals surface area contributed by atoms with Gasteiger partial charge in [0.1, 0.15) is 4.83 Å². The first-order chi connectivity index (χ1) is 12.5. The average molecular weight is 391 g/mol. The van der Waals surface area contributed by atoms with Crippen molar-refractivity contribution in [3.8, 4) is 0 Å². The summed E-state index contributed by atoms with van der Waals surface area (Å²) in [6, 6.07) is 7.49.